The molecule has 7 nitrogen and oxygen atoms in total. The van der Waals surface area contributed by atoms with Crippen LogP contribution in [0.4, 0.5) is 0 Å². The van der Waals surface area contributed by atoms with E-state index in [4.69, 9.17) is 9.47 Å². The number of ether oxygens (including phenoxy) is 2. The van der Waals surface area contributed by atoms with Crippen LogP contribution in [0, 0.1) is 0 Å². The first-order valence-corrected chi connectivity index (χ1v) is 8.59. The molecule has 1 saturated heterocycles. The fraction of sp³-hybridized carbons (Fsp3) is 0.647. The predicted octanol–water partition coefficient (Wildman–Crippen LogP) is 1.48. The number of aromatic nitrogens is 1. The zero-order valence-corrected chi connectivity index (χ0v) is 17.0. The topological polar surface area (TPSA) is 88.0 Å². The van der Waals surface area contributed by atoms with E-state index in [1.165, 1.54) is 0 Å². The lowest BCUT2D eigenvalue weighted by Gasteiger charge is -2.14. The lowest BCUT2D eigenvalue weighted by Crippen LogP contribution is -2.38. The minimum Gasteiger partial charge on any atom is -0.386 e. The molecule has 3 N–H and O–H groups in total. The fourth-order valence-electron chi connectivity index (χ4n) is 2.38. The van der Waals surface area contributed by atoms with Gasteiger partial charge in [-0.3, -0.25) is 9.98 Å². The van der Waals surface area contributed by atoms with Crippen LogP contribution in [0.1, 0.15) is 31.4 Å². The molecule has 1 aromatic rings. The Hall–Kier alpha value is -0.970. The minimum atomic E-state index is -0.630. The molecule has 0 saturated carbocycles. The number of rotatable bonds is 9. The van der Waals surface area contributed by atoms with Gasteiger partial charge in [0.25, 0.3) is 0 Å². The van der Waals surface area contributed by atoms with E-state index >= 15 is 0 Å². The summed E-state index contributed by atoms with van der Waals surface area (Å²) in [4.78, 5) is 8.38. The van der Waals surface area contributed by atoms with Crippen molar-refractivity contribution in [3.63, 3.8) is 0 Å². The van der Waals surface area contributed by atoms with Crippen LogP contribution >= 0.6 is 24.0 Å². The highest BCUT2D eigenvalue weighted by atomic mass is 127. The number of hydrogen-bond donors (Lipinski definition) is 3. The van der Waals surface area contributed by atoms with Crippen LogP contribution in [0.2, 0.25) is 0 Å². The third kappa shape index (κ3) is 8.80. The lowest BCUT2D eigenvalue weighted by atomic mass is 10.1. The molecule has 1 aliphatic heterocycles. The lowest BCUT2D eigenvalue weighted by molar-refractivity contribution is 0.0420. The van der Waals surface area contributed by atoms with Gasteiger partial charge in [-0.05, 0) is 37.5 Å². The summed E-state index contributed by atoms with van der Waals surface area (Å²) in [5.74, 6) is 0.704. The monoisotopic (exact) mass is 464 g/mol. The Morgan fingerprint density at radius 2 is 2.24 bits per heavy atom. The van der Waals surface area contributed by atoms with Gasteiger partial charge in [-0.2, -0.15) is 0 Å². The second kappa shape index (κ2) is 13.3. The van der Waals surface area contributed by atoms with Crippen LogP contribution in [-0.2, 0) is 9.47 Å². The molecule has 25 heavy (non-hydrogen) atoms. The van der Waals surface area contributed by atoms with Gasteiger partial charge in [0.2, 0.25) is 0 Å². The Morgan fingerprint density at radius 1 is 1.44 bits per heavy atom. The molecule has 142 valence electrons. The summed E-state index contributed by atoms with van der Waals surface area (Å²) in [7, 11) is 0. The largest absolute Gasteiger partial charge is 0.386 e. The second-order valence-corrected chi connectivity index (χ2v) is 5.65. The van der Waals surface area contributed by atoms with Crippen molar-refractivity contribution in [2.24, 2.45) is 4.99 Å². The van der Waals surface area contributed by atoms with E-state index in [0.29, 0.717) is 25.7 Å². The molecular weight excluding hydrogens is 435 g/mol. The SMILES string of the molecule is CCNC(=NCC(O)c1ccncc1)NCCCOC1CCOC1.I. The maximum Gasteiger partial charge on any atom is 0.191 e. The molecule has 0 bridgehead atoms. The van der Waals surface area contributed by atoms with Gasteiger partial charge in [-0.15, -0.1) is 24.0 Å². The third-order valence-electron chi connectivity index (χ3n) is 3.71. The fourth-order valence-corrected chi connectivity index (χ4v) is 2.38. The average Bonchev–Trinajstić information content (AvgIpc) is 3.13. The molecule has 2 unspecified atom stereocenters. The van der Waals surface area contributed by atoms with Crippen molar-refractivity contribution in [3.8, 4) is 0 Å². The van der Waals surface area contributed by atoms with Crippen LogP contribution in [0.25, 0.3) is 0 Å². The Kier molecular flexibility index (Phi) is 11.7. The van der Waals surface area contributed by atoms with Crippen molar-refractivity contribution < 1.29 is 14.6 Å². The van der Waals surface area contributed by atoms with Crippen LogP contribution in [0.5, 0.6) is 0 Å². The van der Waals surface area contributed by atoms with Crippen molar-refractivity contribution in [1.29, 1.82) is 0 Å². The van der Waals surface area contributed by atoms with E-state index < -0.39 is 6.10 Å². The predicted molar refractivity (Wildman–Crippen MR) is 108 cm³/mol. The average molecular weight is 464 g/mol. The van der Waals surface area contributed by atoms with E-state index in [0.717, 1.165) is 38.1 Å². The zero-order valence-electron chi connectivity index (χ0n) is 14.7. The minimum absolute atomic E-state index is 0. The molecule has 2 heterocycles. The number of halogens is 1. The van der Waals surface area contributed by atoms with E-state index in [1.807, 2.05) is 6.92 Å². The Morgan fingerprint density at radius 3 is 2.92 bits per heavy atom. The Balaban J connectivity index is 0.00000312. The number of nitrogens with zero attached hydrogens (tertiary/aromatic N) is 2. The van der Waals surface area contributed by atoms with Crippen molar-refractivity contribution in [1.82, 2.24) is 15.6 Å². The van der Waals surface area contributed by atoms with Gasteiger partial charge in [0.1, 0.15) is 0 Å². The third-order valence-corrected chi connectivity index (χ3v) is 3.71. The van der Waals surface area contributed by atoms with Crippen LogP contribution in [0.3, 0.4) is 0 Å². The normalized spacial score (nSPS) is 18.5. The molecule has 0 amide bonds. The highest BCUT2D eigenvalue weighted by Crippen LogP contribution is 2.11. The van der Waals surface area contributed by atoms with Gasteiger partial charge in [0, 0.05) is 38.7 Å². The van der Waals surface area contributed by atoms with Gasteiger partial charge in [-0.25, -0.2) is 0 Å². The van der Waals surface area contributed by atoms with Crippen molar-refractivity contribution in [2.45, 2.75) is 32.0 Å². The molecule has 0 aromatic carbocycles. The molecule has 8 heteroatoms. The smallest absolute Gasteiger partial charge is 0.191 e. The second-order valence-electron chi connectivity index (χ2n) is 5.65. The maximum absolute atomic E-state index is 10.1. The van der Waals surface area contributed by atoms with Crippen molar-refractivity contribution in [2.75, 3.05) is 39.5 Å². The Bertz CT molecular complexity index is 484. The standard InChI is InChI=1S/C17H28N4O3.HI/c1-2-19-17(20-7-3-10-24-15-6-11-23-13-15)21-12-16(22)14-4-8-18-9-5-14;/h4-5,8-9,15-16,22H,2-3,6-7,10-13H2,1H3,(H2,19,20,21);1H. The summed E-state index contributed by atoms with van der Waals surface area (Å²) < 4.78 is 11.0. The summed E-state index contributed by atoms with van der Waals surface area (Å²) in [6.07, 6.45) is 4.84. The number of aliphatic hydroxyl groups excluding tert-OH is 1. The quantitative estimate of drug-likeness (QED) is 0.222. The van der Waals surface area contributed by atoms with E-state index in [2.05, 4.69) is 20.6 Å². The van der Waals surface area contributed by atoms with Crippen molar-refractivity contribution in [3.05, 3.63) is 30.1 Å². The van der Waals surface area contributed by atoms with Crippen LogP contribution in [-0.4, -0.2) is 61.6 Å². The van der Waals surface area contributed by atoms with Gasteiger partial charge in [0.15, 0.2) is 5.96 Å². The molecule has 0 spiro atoms. The number of nitrogens with one attached hydrogen (secondary N) is 2. The van der Waals surface area contributed by atoms with Crippen LogP contribution in [0.15, 0.2) is 29.5 Å². The molecular formula is C17H29IN4O3. The molecule has 2 rings (SSSR count). The van der Waals surface area contributed by atoms with E-state index in [9.17, 15) is 5.11 Å². The van der Waals surface area contributed by atoms with Crippen LogP contribution < -0.4 is 10.6 Å². The van der Waals surface area contributed by atoms with Gasteiger partial charge in [-0.1, -0.05) is 0 Å². The first kappa shape index (κ1) is 22.1. The van der Waals surface area contributed by atoms with E-state index in [1.54, 1.807) is 24.5 Å². The number of aliphatic imine (C=N–C) groups is 1. The number of pyridine rings is 1. The maximum atomic E-state index is 10.1. The molecule has 2 atom stereocenters. The number of guanidine groups is 1. The molecule has 0 radical (unpaired) electrons. The summed E-state index contributed by atoms with van der Waals surface area (Å²) in [6, 6.07) is 3.59. The molecule has 1 aliphatic rings. The highest BCUT2D eigenvalue weighted by Gasteiger charge is 2.15. The first-order valence-electron chi connectivity index (χ1n) is 8.59. The van der Waals surface area contributed by atoms with E-state index in [-0.39, 0.29) is 30.1 Å². The summed E-state index contributed by atoms with van der Waals surface area (Å²) >= 11 is 0. The first-order chi connectivity index (χ1) is 11.8. The highest BCUT2D eigenvalue weighted by molar-refractivity contribution is 14.0. The number of hydrogen-bond acceptors (Lipinski definition) is 5. The van der Waals surface area contributed by atoms with Crippen molar-refractivity contribution >= 4 is 29.9 Å². The van der Waals surface area contributed by atoms with Gasteiger partial charge in [0.05, 0.1) is 25.4 Å². The summed E-state index contributed by atoms with van der Waals surface area (Å²) in [5, 5.41) is 16.6. The Labute approximate surface area is 166 Å². The zero-order chi connectivity index (χ0) is 17.0. The van der Waals surface area contributed by atoms with Gasteiger partial charge < -0.3 is 25.2 Å². The number of aliphatic hydroxyl groups is 1. The van der Waals surface area contributed by atoms with Gasteiger partial charge >= 0.3 is 0 Å². The summed E-state index contributed by atoms with van der Waals surface area (Å²) in [5.41, 5.74) is 0.816. The molecule has 0 aliphatic carbocycles. The molecule has 1 aromatic heterocycles. The summed E-state index contributed by atoms with van der Waals surface area (Å²) in [6.45, 7) is 6.08. The molecule has 1 fully saturated rings.